The molecule has 17 heavy (non-hydrogen) atoms. The smallest absolute Gasteiger partial charge is 0.303 e. The highest BCUT2D eigenvalue weighted by Crippen LogP contribution is 2.46. The molecule has 0 amide bonds. The van der Waals surface area contributed by atoms with Gasteiger partial charge < -0.3 is 19.3 Å². The van der Waals surface area contributed by atoms with Gasteiger partial charge in [-0.3, -0.25) is 4.79 Å². The summed E-state index contributed by atoms with van der Waals surface area (Å²) in [4.78, 5) is 10.6. The molecular weight excluding hydrogens is 248 g/mol. The van der Waals surface area contributed by atoms with Gasteiger partial charge in [-0.25, -0.2) is 0 Å². The molecule has 0 aromatic heterocycles. The van der Waals surface area contributed by atoms with Crippen LogP contribution in [-0.2, 0) is 11.2 Å². The number of carboxylic acids is 1. The van der Waals surface area contributed by atoms with Crippen LogP contribution < -0.4 is 14.2 Å². The molecule has 0 radical (unpaired) electrons. The minimum atomic E-state index is -0.874. The first-order valence-electron chi connectivity index (χ1n) is 5.00. The Hall–Kier alpha value is -1.62. The molecule has 1 aliphatic heterocycles. The van der Waals surface area contributed by atoms with E-state index in [1.807, 2.05) is 0 Å². The predicted octanol–water partition coefficient (Wildman–Crippen LogP) is 2.09. The molecule has 0 unspecified atom stereocenters. The summed E-state index contributed by atoms with van der Waals surface area (Å²) >= 11 is 6.10. The number of carboxylic acid groups (broad SMARTS) is 1. The van der Waals surface area contributed by atoms with Crippen LogP contribution in [0.4, 0.5) is 0 Å². The normalized spacial score (nSPS) is 12.6. The first kappa shape index (κ1) is 11.9. The molecule has 92 valence electrons. The summed E-state index contributed by atoms with van der Waals surface area (Å²) in [5.41, 5.74) is 0.698. The largest absolute Gasteiger partial charge is 0.495 e. The Morgan fingerprint density at radius 2 is 2.35 bits per heavy atom. The van der Waals surface area contributed by atoms with Crippen molar-refractivity contribution in [2.75, 3.05) is 13.9 Å². The van der Waals surface area contributed by atoms with Gasteiger partial charge in [0.1, 0.15) is 10.8 Å². The minimum absolute atomic E-state index is 0.00628. The van der Waals surface area contributed by atoms with Gasteiger partial charge in [0.05, 0.1) is 7.11 Å². The fraction of sp³-hybridized carbons (Fsp3) is 0.364. The topological polar surface area (TPSA) is 65.0 Å². The Balaban J connectivity index is 2.37. The number of hydrogen-bond donors (Lipinski definition) is 1. The van der Waals surface area contributed by atoms with E-state index in [9.17, 15) is 4.79 Å². The molecule has 1 heterocycles. The number of methoxy groups -OCH3 is 1. The highest BCUT2D eigenvalue weighted by Gasteiger charge is 2.24. The van der Waals surface area contributed by atoms with E-state index in [-0.39, 0.29) is 13.2 Å². The van der Waals surface area contributed by atoms with Gasteiger partial charge in [0, 0.05) is 12.0 Å². The average Bonchev–Trinajstić information content (AvgIpc) is 2.74. The number of carbonyl (C=O) groups is 1. The molecule has 1 aromatic carbocycles. The zero-order valence-corrected chi connectivity index (χ0v) is 9.91. The number of aliphatic carboxylic acids is 1. The summed E-state index contributed by atoms with van der Waals surface area (Å²) in [5, 5.41) is 8.99. The number of aryl methyl sites for hydroxylation is 1. The van der Waals surface area contributed by atoms with Crippen LogP contribution in [0.3, 0.4) is 0 Å². The van der Waals surface area contributed by atoms with Crippen LogP contribution >= 0.6 is 11.6 Å². The number of fused-ring (bicyclic) bond motifs is 1. The van der Waals surface area contributed by atoms with Crippen molar-refractivity contribution < 1.29 is 24.1 Å². The Morgan fingerprint density at radius 1 is 1.59 bits per heavy atom. The maximum atomic E-state index is 10.6. The lowest BCUT2D eigenvalue weighted by Crippen LogP contribution is -2.00. The Labute approximate surface area is 103 Å². The minimum Gasteiger partial charge on any atom is -0.495 e. The molecule has 2 rings (SSSR count). The fourth-order valence-corrected chi connectivity index (χ4v) is 2.03. The van der Waals surface area contributed by atoms with Gasteiger partial charge in [-0.15, -0.1) is 0 Å². The zero-order chi connectivity index (χ0) is 12.4. The third-order valence-electron chi connectivity index (χ3n) is 2.45. The lowest BCUT2D eigenvalue weighted by molar-refractivity contribution is -0.136. The SMILES string of the molecule is COc1c(CCC(=O)O)cc2c(c1Cl)OCO2. The van der Waals surface area contributed by atoms with Crippen LogP contribution in [0, 0.1) is 0 Å². The second-order valence-corrected chi connectivity index (χ2v) is 3.89. The molecule has 0 aliphatic carbocycles. The van der Waals surface area contributed by atoms with Gasteiger partial charge in [0.15, 0.2) is 11.5 Å². The van der Waals surface area contributed by atoms with Crippen molar-refractivity contribution in [3.05, 3.63) is 16.7 Å². The molecule has 0 saturated carbocycles. The molecule has 1 aromatic rings. The van der Waals surface area contributed by atoms with Crippen LogP contribution in [-0.4, -0.2) is 25.0 Å². The van der Waals surface area contributed by atoms with Gasteiger partial charge in [-0.1, -0.05) is 11.6 Å². The summed E-state index contributed by atoms with van der Waals surface area (Å²) in [6.07, 6.45) is 0.335. The van der Waals surface area contributed by atoms with Crippen LogP contribution in [0.1, 0.15) is 12.0 Å². The first-order chi connectivity index (χ1) is 8.13. The molecular formula is C11H11ClO5. The van der Waals surface area contributed by atoms with Crippen LogP contribution in [0.15, 0.2) is 6.07 Å². The molecule has 5 nitrogen and oxygen atoms in total. The summed E-state index contributed by atoms with van der Waals surface area (Å²) in [5.74, 6) is 0.539. The zero-order valence-electron chi connectivity index (χ0n) is 9.16. The lowest BCUT2D eigenvalue weighted by Gasteiger charge is -2.11. The van der Waals surface area contributed by atoms with E-state index < -0.39 is 5.97 Å². The lowest BCUT2D eigenvalue weighted by atomic mass is 10.1. The van der Waals surface area contributed by atoms with Crippen molar-refractivity contribution in [2.45, 2.75) is 12.8 Å². The van der Waals surface area contributed by atoms with Crippen molar-refractivity contribution in [3.63, 3.8) is 0 Å². The number of ether oxygens (including phenoxy) is 3. The predicted molar refractivity (Wildman–Crippen MR) is 60.1 cm³/mol. The molecule has 0 spiro atoms. The number of halogens is 1. The van der Waals surface area contributed by atoms with Crippen LogP contribution in [0.25, 0.3) is 0 Å². The maximum Gasteiger partial charge on any atom is 0.303 e. The second-order valence-electron chi connectivity index (χ2n) is 3.51. The molecule has 1 N–H and O–H groups in total. The van der Waals surface area contributed by atoms with Gasteiger partial charge in [-0.05, 0) is 12.5 Å². The van der Waals surface area contributed by atoms with E-state index in [2.05, 4.69) is 0 Å². The van der Waals surface area contributed by atoms with Gasteiger partial charge in [-0.2, -0.15) is 0 Å². The molecule has 0 atom stereocenters. The molecule has 1 aliphatic rings. The van der Waals surface area contributed by atoms with E-state index in [0.717, 1.165) is 0 Å². The van der Waals surface area contributed by atoms with E-state index in [4.69, 9.17) is 30.9 Å². The maximum absolute atomic E-state index is 10.6. The number of hydrogen-bond acceptors (Lipinski definition) is 4. The third-order valence-corrected chi connectivity index (χ3v) is 2.79. The van der Waals surface area contributed by atoms with Gasteiger partial charge in [0.2, 0.25) is 6.79 Å². The Morgan fingerprint density at radius 3 is 3.00 bits per heavy atom. The van der Waals surface area contributed by atoms with E-state index in [0.29, 0.717) is 34.3 Å². The molecule has 0 saturated heterocycles. The standard InChI is InChI=1S/C11H11ClO5/c1-15-10-6(2-3-8(13)14)4-7-11(9(10)12)17-5-16-7/h4H,2-3,5H2,1H3,(H,13,14). The fourth-order valence-electron chi connectivity index (χ4n) is 1.68. The quantitative estimate of drug-likeness (QED) is 0.896. The summed E-state index contributed by atoms with van der Waals surface area (Å²) in [6.45, 7) is 0.112. The monoisotopic (exact) mass is 258 g/mol. The van der Waals surface area contributed by atoms with Crippen molar-refractivity contribution >= 4 is 17.6 Å². The second kappa shape index (κ2) is 4.71. The van der Waals surface area contributed by atoms with Crippen molar-refractivity contribution in [1.82, 2.24) is 0 Å². The van der Waals surface area contributed by atoms with Crippen molar-refractivity contribution in [3.8, 4) is 17.2 Å². The van der Waals surface area contributed by atoms with E-state index >= 15 is 0 Å². The molecule has 6 heteroatoms. The summed E-state index contributed by atoms with van der Waals surface area (Å²) < 4.78 is 15.6. The molecule has 0 bridgehead atoms. The highest BCUT2D eigenvalue weighted by atomic mass is 35.5. The van der Waals surface area contributed by atoms with E-state index in [1.54, 1.807) is 6.07 Å². The van der Waals surface area contributed by atoms with Crippen LogP contribution in [0.2, 0.25) is 5.02 Å². The number of rotatable bonds is 4. The first-order valence-corrected chi connectivity index (χ1v) is 5.38. The van der Waals surface area contributed by atoms with Crippen molar-refractivity contribution in [1.29, 1.82) is 0 Å². The average molecular weight is 259 g/mol. The number of benzene rings is 1. The third kappa shape index (κ3) is 2.24. The summed E-state index contributed by atoms with van der Waals surface area (Å²) in [7, 11) is 1.48. The van der Waals surface area contributed by atoms with E-state index in [1.165, 1.54) is 7.11 Å². The van der Waals surface area contributed by atoms with Crippen LogP contribution in [0.5, 0.6) is 17.2 Å². The molecule has 0 fully saturated rings. The van der Waals surface area contributed by atoms with Gasteiger partial charge in [0.25, 0.3) is 0 Å². The van der Waals surface area contributed by atoms with Crippen molar-refractivity contribution in [2.24, 2.45) is 0 Å². The highest BCUT2D eigenvalue weighted by molar-refractivity contribution is 6.34. The summed E-state index contributed by atoms with van der Waals surface area (Å²) in [6, 6.07) is 1.70. The Kier molecular flexibility index (Phi) is 3.28. The Bertz CT molecular complexity index is 458. The van der Waals surface area contributed by atoms with Gasteiger partial charge >= 0.3 is 5.97 Å².